The Morgan fingerprint density at radius 2 is 2.25 bits per heavy atom. The van der Waals surface area contributed by atoms with Gasteiger partial charge in [-0.1, -0.05) is 0 Å². The smallest absolute Gasteiger partial charge is 0.260 e. The second-order valence-corrected chi connectivity index (χ2v) is 6.96. The Morgan fingerprint density at radius 1 is 1.42 bits per heavy atom. The summed E-state index contributed by atoms with van der Waals surface area (Å²) in [4.78, 5) is 25.9. The van der Waals surface area contributed by atoms with Crippen LogP contribution in [0.25, 0.3) is 0 Å². The van der Waals surface area contributed by atoms with Crippen LogP contribution in [0.4, 0.5) is 4.39 Å². The van der Waals surface area contributed by atoms with Gasteiger partial charge in [-0.15, -0.1) is 0 Å². The highest BCUT2D eigenvalue weighted by atomic mass is 19.1. The highest BCUT2D eigenvalue weighted by Gasteiger charge is 2.54. The number of likely N-dealkylation sites (tertiary alicyclic amines) is 1. The lowest BCUT2D eigenvalue weighted by Crippen LogP contribution is -2.48. The Balaban J connectivity index is 1.30. The third kappa shape index (κ3) is 2.92. The fraction of sp³-hybridized carbons (Fsp3) is 0.647. The van der Waals surface area contributed by atoms with E-state index in [4.69, 9.17) is 9.15 Å². The van der Waals surface area contributed by atoms with E-state index in [9.17, 15) is 14.0 Å². The number of hydrogen-bond acceptors (Lipinski definition) is 4. The number of rotatable bonds is 4. The Morgan fingerprint density at radius 3 is 2.96 bits per heavy atom. The summed E-state index contributed by atoms with van der Waals surface area (Å²) in [6, 6.07) is 3.56. The summed E-state index contributed by atoms with van der Waals surface area (Å²) in [5.74, 6) is 0.370. The molecule has 2 amide bonds. The molecule has 4 rings (SSSR count). The van der Waals surface area contributed by atoms with Gasteiger partial charge >= 0.3 is 0 Å². The second kappa shape index (κ2) is 5.88. The Hall–Kier alpha value is -1.89. The third-order valence-electron chi connectivity index (χ3n) is 5.22. The first-order valence-electron chi connectivity index (χ1n) is 8.49. The number of nitrogens with one attached hydrogen (secondary N) is 1. The summed E-state index contributed by atoms with van der Waals surface area (Å²) >= 11 is 0. The topological polar surface area (TPSA) is 71.8 Å². The highest BCUT2D eigenvalue weighted by Crippen LogP contribution is 2.43. The standard InChI is InChI=1S/C17H21FN2O4/c18-17(4-5-17)16(22)20-6-3-11-8-13(24-14(11)10-20)15(21)19-9-12-2-1-7-23-12/h1-2,7,11,13-14H,3-6,8-10H2,(H,19,21)/t11-,13+,14+/m1/s1. The van der Waals surface area contributed by atoms with Crippen LogP contribution >= 0.6 is 0 Å². The summed E-state index contributed by atoms with van der Waals surface area (Å²) in [6.45, 7) is 1.27. The molecule has 1 aromatic heterocycles. The van der Waals surface area contributed by atoms with Gasteiger partial charge in [0.05, 0.1) is 18.9 Å². The van der Waals surface area contributed by atoms with Crippen molar-refractivity contribution < 1.29 is 23.1 Å². The average Bonchev–Trinajstić information content (AvgIpc) is 3.03. The number of ether oxygens (including phenoxy) is 1. The zero-order chi connectivity index (χ0) is 16.7. The van der Waals surface area contributed by atoms with Crippen LogP contribution < -0.4 is 5.32 Å². The van der Waals surface area contributed by atoms with Crippen molar-refractivity contribution in [2.75, 3.05) is 13.1 Å². The quantitative estimate of drug-likeness (QED) is 0.902. The number of nitrogens with zero attached hydrogens (tertiary/aromatic N) is 1. The Kier molecular flexibility index (Phi) is 3.83. The van der Waals surface area contributed by atoms with Gasteiger partial charge in [-0.3, -0.25) is 9.59 Å². The Labute approximate surface area is 139 Å². The van der Waals surface area contributed by atoms with Gasteiger partial charge in [-0.05, 0) is 43.7 Å². The van der Waals surface area contributed by atoms with Crippen LogP contribution in [0.3, 0.4) is 0 Å². The number of carbonyl (C=O) groups excluding carboxylic acids is 2. The molecule has 1 aliphatic carbocycles. The molecule has 6 nitrogen and oxygen atoms in total. The van der Waals surface area contributed by atoms with E-state index < -0.39 is 17.7 Å². The van der Waals surface area contributed by atoms with Gasteiger partial charge in [0, 0.05) is 13.1 Å². The fourth-order valence-corrected chi connectivity index (χ4v) is 3.59. The number of alkyl halides is 1. The zero-order valence-corrected chi connectivity index (χ0v) is 13.4. The second-order valence-electron chi connectivity index (χ2n) is 6.96. The van der Waals surface area contributed by atoms with Crippen LogP contribution in [0.15, 0.2) is 22.8 Å². The fourth-order valence-electron chi connectivity index (χ4n) is 3.59. The summed E-state index contributed by atoms with van der Waals surface area (Å²) < 4.78 is 25.0. The van der Waals surface area contributed by atoms with Crippen molar-refractivity contribution in [2.24, 2.45) is 5.92 Å². The minimum absolute atomic E-state index is 0.164. The molecular weight excluding hydrogens is 315 g/mol. The largest absolute Gasteiger partial charge is 0.467 e. The van der Waals surface area contributed by atoms with Crippen molar-refractivity contribution in [3.63, 3.8) is 0 Å². The molecule has 0 aromatic carbocycles. The first-order valence-corrected chi connectivity index (χ1v) is 8.49. The molecular formula is C17H21FN2O4. The maximum atomic E-state index is 14.0. The van der Waals surface area contributed by atoms with Gasteiger partial charge in [-0.25, -0.2) is 4.39 Å². The molecule has 3 fully saturated rings. The van der Waals surface area contributed by atoms with E-state index in [0.717, 1.165) is 6.42 Å². The van der Waals surface area contributed by atoms with E-state index in [-0.39, 0.29) is 17.9 Å². The molecule has 130 valence electrons. The van der Waals surface area contributed by atoms with E-state index >= 15 is 0 Å². The summed E-state index contributed by atoms with van der Waals surface area (Å²) in [7, 11) is 0. The molecule has 0 radical (unpaired) electrons. The predicted octanol–water partition coefficient (Wildman–Crippen LogP) is 1.40. The van der Waals surface area contributed by atoms with Crippen LogP contribution in [0.2, 0.25) is 0 Å². The van der Waals surface area contributed by atoms with E-state index in [1.54, 1.807) is 23.3 Å². The Bertz CT molecular complexity index is 629. The molecule has 0 spiro atoms. The van der Waals surface area contributed by atoms with Gasteiger partial charge < -0.3 is 19.4 Å². The molecule has 1 saturated carbocycles. The van der Waals surface area contributed by atoms with Crippen molar-refractivity contribution in [3.05, 3.63) is 24.2 Å². The molecule has 7 heteroatoms. The van der Waals surface area contributed by atoms with Crippen LogP contribution in [0.1, 0.15) is 31.4 Å². The van der Waals surface area contributed by atoms with E-state index in [1.807, 2.05) is 0 Å². The number of halogens is 1. The van der Waals surface area contributed by atoms with Crippen LogP contribution in [-0.4, -0.2) is 47.7 Å². The SMILES string of the molecule is O=C(NCc1ccco1)[C@@H]1C[C@H]2CCN(C(=O)C3(F)CC3)C[C@@H]2O1. The lowest BCUT2D eigenvalue weighted by molar-refractivity contribution is -0.143. The van der Waals surface area contributed by atoms with Gasteiger partial charge in [0.15, 0.2) is 5.67 Å². The molecule has 0 bridgehead atoms. The van der Waals surface area contributed by atoms with Crippen LogP contribution in [-0.2, 0) is 20.9 Å². The normalized spacial score (nSPS) is 30.7. The highest BCUT2D eigenvalue weighted by molar-refractivity contribution is 5.88. The van der Waals surface area contributed by atoms with Crippen LogP contribution in [0, 0.1) is 5.92 Å². The maximum Gasteiger partial charge on any atom is 0.260 e. The van der Waals surface area contributed by atoms with E-state index in [1.165, 1.54) is 0 Å². The molecule has 2 aliphatic heterocycles. The van der Waals surface area contributed by atoms with E-state index in [0.29, 0.717) is 44.7 Å². The van der Waals surface area contributed by atoms with Crippen molar-refractivity contribution in [2.45, 2.75) is 50.1 Å². The molecule has 0 unspecified atom stereocenters. The van der Waals surface area contributed by atoms with Crippen molar-refractivity contribution in [1.82, 2.24) is 10.2 Å². The van der Waals surface area contributed by atoms with Crippen molar-refractivity contribution >= 4 is 11.8 Å². The number of fused-ring (bicyclic) bond motifs is 1. The lowest BCUT2D eigenvalue weighted by Gasteiger charge is -2.34. The van der Waals surface area contributed by atoms with E-state index in [2.05, 4.69) is 5.32 Å². The molecule has 3 atom stereocenters. The summed E-state index contributed by atoms with van der Waals surface area (Å²) in [5.41, 5.74) is -1.63. The molecule has 3 aliphatic rings. The minimum atomic E-state index is -1.63. The molecule has 24 heavy (non-hydrogen) atoms. The maximum absolute atomic E-state index is 14.0. The van der Waals surface area contributed by atoms with Gasteiger partial charge in [-0.2, -0.15) is 0 Å². The third-order valence-corrected chi connectivity index (χ3v) is 5.22. The molecule has 1 N–H and O–H groups in total. The number of piperidine rings is 1. The zero-order valence-electron chi connectivity index (χ0n) is 13.4. The summed E-state index contributed by atoms with van der Waals surface area (Å²) in [5, 5.41) is 2.81. The molecule has 3 heterocycles. The number of amides is 2. The van der Waals surface area contributed by atoms with Crippen LogP contribution in [0.5, 0.6) is 0 Å². The first-order chi connectivity index (χ1) is 11.5. The molecule has 1 aromatic rings. The summed E-state index contributed by atoms with van der Waals surface area (Å²) in [6.07, 6.45) is 2.94. The van der Waals surface area contributed by atoms with Gasteiger partial charge in [0.25, 0.3) is 5.91 Å². The predicted molar refractivity (Wildman–Crippen MR) is 81.6 cm³/mol. The number of hydrogen-bond donors (Lipinski definition) is 1. The monoisotopic (exact) mass is 336 g/mol. The van der Waals surface area contributed by atoms with Crippen molar-refractivity contribution in [3.8, 4) is 0 Å². The van der Waals surface area contributed by atoms with Crippen molar-refractivity contribution in [1.29, 1.82) is 0 Å². The lowest BCUT2D eigenvalue weighted by atomic mass is 9.91. The number of furan rings is 1. The molecule has 2 saturated heterocycles. The first kappa shape index (κ1) is 15.6. The number of carbonyl (C=O) groups is 2. The average molecular weight is 336 g/mol. The minimum Gasteiger partial charge on any atom is -0.467 e. The van der Waals surface area contributed by atoms with Gasteiger partial charge in [0.1, 0.15) is 11.9 Å². The van der Waals surface area contributed by atoms with Gasteiger partial charge in [0.2, 0.25) is 5.91 Å².